The fourth-order valence-electron chi connectivity index (χ4n) is 8.96. The van der Waals surface area contributed by atoms with E-state index in [1.54, 1.807) is 0 Å². The quantitative estimate of drug-likeness (QED) is 0.176. The summed E-state index contributed by atoms with van der Waals surface area (Å²) >= 11 is 0. The molecule has 1 spiro atoms. The second kappa shape index (κ2) is 13.4. The van der Waals surface area contributed by atoms with Crippen LogP contribution in [0.15, 0.2) is 200 Å². The first-order valence-electron chi connectivity index (χ1n) is 19.4. The van der Waals surface area contributed by atoms with Crippen LogP contribution in [0.1, 0.15) is 27.8 Å². The molecule has 1 aliphatic heterocycles. The Bertz CT molecular complexity index is 3060. The molecule has 2 heterocycles. The van der Waals surface area contributed by atoms with E-state index >= 15 is 0 Å². The summed E-state index contributed by atoms with van der Waals surface area (Å²) < 4.78 is 6.52. The highest BCUT2D eigenvalue weighted by molar-refractivity contribution is 5.91. The number of hydrogen-bond donors (Lipinski definition) is 0. The van der Waals surface area contributed by atoms with Crippen molar-refractivity contribution in [3.8, 4) is 84.9 Å². The van der Waals surface area contributed by atoms with E-state index in [1.807, 2.05) is 48.5 Å². The molecule has 4 heteroatoms. The molecule has 9 aromatic rings. The van der Waals surface area contributed by atoms with E-state index < -0.39 is 5.41 Å². The van der Waals surface area contributed by atoms with Crippen molar-refractivity contribution in [1.82, 2.24) is 9.97 Å². The fraction of sp³-hybridized carbons (Fsp3) is 0.0185. The van der Waals surface area contributed by atoms with E-state index in [-0.39, 0.29) is 0 Å². The maximum Gasteiger partial charge on any atom is 0.160 e. The average Bonchev–Trinajstić information content (AvgIpc) is 3.58. The molecule has 0 N–H and O–H groups in total. The number of benzene rings is 8. The minimum absolute atomic E-state index is 0.607. The maximum atomic E-state index is 10.1. The average molecular weight is 740 g/mol. The van der Waals surface area contributed by atoms with Crippen LogP contribution < -0.4 is 4.74 Å². The zero-order chi connectivity index (χ0) is 38.6. The molecule has 0 unspecified atom stereocenters. The number of ether oxygens (including phenoxy) is 1. The Morgan fingerprint density at radius 3 is 1.57 bits per heavy atom. The summed E-state index contributed by atoms with van der Waals surface area (Å²) in [5.74, 6) is 2.33. The Kier molecular flexibility index (Phi) is 7.74. The molecule has 8 aromatic carbocycles. The molecule has 0 saturated heterocycles. The summed E-state index contributed by atoms with van der Waals surface area (Å²) in [7, 11) is 0. The molecule has 4 nitrogen and oxygen atoms in total. The third kappa shape index (κ3) is 5.29. The summed E-state index contributed by atoms with van der Waals surface area (Å²) in [6.45, 7) is 0. The van der Waals surface area contributed by atoms with Crippen LogP contribution >= 0.6 is 0 Å². The predicted molar refractivity (Wildman–Crippen MR) is 231 cm³/mol. The summed E-state index contributed by atoms with van der Waals surface area (Å²) in [5, 5.41) is 10.1. The Labute approximate surface area is 337 Å². The molecule has 0 amide bonds. The Hall–Kier alpha value is -7.87. The summed E-state index contributed by atoms with van der Waals surface area (Å²) in [4.78, 5) is 10.4. The second-order valence-electron chi connectivity index (χ2n) is 14.8. The van der Waals surface area contributed by atoms with Gasteiger partial charge >= 0.3 is 0 Å². The van der Waals surface area contributed by atoms with E-state index in [0.717, 1.165) is 89.6 Å². The minimum atomic E-state index is -0.607. The van der Waals surface area contributed by atoms with Crippen LogP contribution in [0.3, 0.4) is 0 Å². The van der Waals surface area contributed by atoms with Gasteiger partial charge in [-0.15, -0.1) is 0 Å². The SMILES string of the molecule is N#Cc1ccc2c(c1)-c1cc(-c3cccc(-c4nc(-c5ccccc5)cc(-c5cccc(-c6ccccc6)c5)n4)c3)ccc1C21c2ccccc2Oc2ccccc21. The molecule has 0 saturated carbocycles. The molecule has 0 fully saturated rings. The van der Waals surface area contributed by atoms with E-state index in [9.17, 15) is 5.26 Å². The van der Waals surface area contributed by atoms with Gasteiger partial charge in [0.15, 0.2) is 5.82 Å². The molecule has 0 atom stereocenters. The number of hydrogen-bond acceptors (Lipinski definition) is 4. The Morgan fingerprint density at radius 1 is 0.379 bits per heavy atom. The first-order chi connectivity index (χ1) is 28.7. The number of nitriles is 1. The monoisotopic (exact) mass is 739 g/mol. The highest BCUT2D eigenvalue weighted by Crippen LogP contribution is 2.62. The lowest BCUT2D eigenvalue weighted by atomic mass is 9.66. The second-order valence-corrected chi connectivity index (χ2v) is 14.8. The number of fused-ring (bicyclic) bond motifs is 9. The smallest absolute Gasteiger partial charge is 0.160 e. The molecular weight excluding hydrogens is 707 g/mol. The van der Waals surface area contributed by atoms with Gasteiger partial charge in [-0.1, -0.05) is 152 Å². The van der Waals surface area contributed by atoms with Gasteiger partial charge in [0, 0.05) is 27.8 Å². The zero-order valence-electron chi connectivity index (χ0n) is 31.3. The zero-order valence-corrected chi connectivity index (χ0v) is 31.3. The largest absolute Gasteiger partial charge is 0.457 e. The molecule has 58 heavy (non-hydrogen) atoms. The van der Waals surface area contributed by atoms with Gasteiger partial charge in [-0.3, -0.25) is 0 Å². The first-order valence-corrected chi connectivity index (χ1v) is 19.4. The summed E-state index contributed by atoms with van der Waals surface area (Å²) in [5.41, 5.74) is 15.8. The molecule has 1 aliphatic carbocycles. The molecule has 2 aliphatic rings. The molecule has 1 aromatic heterocycles. The lowest BCUT2D eigenvalue weighted by Gasteiger charge is -2.39. The Balaban J connectivity index is 1.06. The fourth-order valence-corrected chi connectivity index (χ4v) is 8.96. The predicted octanol–water partition coefficient (Wildman–Crippen LogP) is 13.2. The molecular formula is C54H33N3O. The van der Waals surface area contributed by atoms with Crippen LogP contribution in [0.25, 0.3) is 67.3 Å². The first kappa shape index (κ1) is 33.5. The van der Waals surface area contributed by atoms with Gasteiger partial charge in [0.2, 0.25) is 0 Å². The van der Waals surface area contributed by atoms with Crippen LogP contribution in [-0.4, -0.2) is 9.97 Å². The highest BCUT2D eigenvalue weighted by Gasteiger charge is 2.51. The van der Waals surface area contributed by atoms with Crippen molar-refractivity contribution in [1.29, 1.82) is 5.26 Å². The van der Waals surface area contributed by atoms with E-state index in [0.29, 0.717) is 11.4 Å². The van der Waals surface area contributed by atoms with Crippen molar-refractivity contribution in [3.63, 3.8) is 0 Å². The normalized spacial score (nSPS) is 12.7. The van der Waals surface area contributed by atoms with Crippen molar-refractivity contribution in [2.75, 3.05) is 0 Å². The van der Waals surface area contributed by atoms with Crippen molar-refractivity contribution in [3.05, 3.63) is 228 Å². The van der Waals surface area contributed by atoms with Crippen molar-refractivity contribution >= 4 is 0 Å². The van der Waals surface area contributed by atoms with Crippen LogP contribution in [0.2, 0.25) is 0 Å². The molecule has 0 bridgehead atoms. The van der Waals surface area contributed by atoms with E-state index in [4.69, 9.17) is 14.7 Å². The van der Waals surface area contributed by atoms with Crippen molar-refractivity contribution < 1.29 is 4.74 Å². The number of nitrogens with zero attached hydrogens (tertiary/aromatic N) is 3. The van der Waals surface area contributed by atoms with Gasteiger partial charge in [0.05, 0.1) is 28.4 Å². The maximum absolute atomic E-state index is 10.1. The lowest BCUT2D eigenvalue weighted by molar-refractivity contribution is 0.436. The number of rotatable bonds is 5. The number of aromatic nitrogens is 2. The number of para-hydroxylation sites is 2. The summed E-state index contributed by atoms with van der Waals surface area (Å²) in [6.07, 6.45) is 0. The van der Waals surface area contributed by atoms with Gasteiger partial charge in [-0.05, 0) is 93.0 Å². The molecule has 11 rings (SSSR count). The van der Waals surface area contributed by atoms with Crippen LogP contribution in [0.4, 0.5) is 0 Å². The van der Waals surface area contributed by atoms with Gasteiger partial charge in [-0.2, -0.15) is 5.26 Å². The topological polar surface area (TPSA) is 58.8 Å². The summed E-state index contributed by atoms with van der Waals surface area (Å²) in [6, 6.07) is 71.8. The van der Waals surface area contributed by atoms with Crippen molar-refractivity contribution in [2.45, 2.75) is 5.41 Å². The van der Waals surface area contributed by atoms with Gasteiger partial charge in [0.1, 0.15) is 11.5 Å². The van der Waals surface area contributed by atoms with Gasteiger partial charge in [0.25, 0.3) is 0 Å². The lowest BCUT2D eigenvalue weighted by Crippen LogP contribution is -2.32. The van der Waals surface area contributed by atoms with Gasteiger partial charge < -0.3 is 4.74 Å². The Morgan fingerprint density at radius 2 is 0.879 bits per heavy atom. The third-order valence-electron chi connectivity index (χ3n) is 11.6. The van der Waals surface area contributed by atoms with Crippen LogP contribution in [0, 0.1) is 11.3 Å². The van der Waals surface area contributed by atoms with Gasteiger partial charge in [-0.25, -0.2) is 9.97 Å². The van der Waals surface area contributed by atoms with E-state index in [2.05, 4.69) is 158 Å². The highest BCUT2D eigenvalue weighted by atomic mass is 16.5. The molecule has 0 radical (unpaired) electrons. The third-order valence-corrected chi connectivity index (χ3v) is 11.6. The van der Waals surface area contributed by atoms with Crippen molar-refractivity contribution in [2.24, 2.45) is 0 Å². The minimum Gasteiger partial charge on any atom is -0.457 e. The van der Waals surface area contributed by atoms with E-state index in [1.165, 1.54) is 5.56 Å². The van der Waals surface area contributed by atoms with Crippen LogP contribution in [-0.2, 0) is 5.41 Å². The molecule has 270 valence electrons. The standard InChI is InChI=1S/C54H33N3O/c55-34-35-25-27-45-43(29-35)44-32-40(26-28-46(44)54(45)47-21-7-9-23-51(47)58-52-24-10-8-22-48(52)54)39-18-12-20-42(31-39)53-56-49(37-15-5-2-6-16-37)33-50(57-53)41-19-11-17-38(30-41)36-13-3-1-4-14-36/h1-33H. The van der Waals surface area contributed by atoms with Crippen LogP contribution in [0.5, 0.6) is 11.5 Å².